The second kappa shape index (κ2) is 4.35. The molecule has 0 atom stereocenters. The average molecular weight is 211 g/mol. The summed E-state index contributed by atoms with van der Waals surface area (Å²) in [5.41, 5.74) is 3.14. The number of hydrogen-bond acceptors (Lipinski definition) is 0. The van der Waals surface area contributed by atoms with Crippen molar-refractivity contribution < 1.29 is 0 Å². The van der Waals surface area contributed by atoms with Gasteiger partial charge in [0.1, 0.15) is 0 Å². The molecular formula is C13H19Cl. The molecule has 1 aromatic rings. The molecule has 0 N–H and O–H groups in total. The van der Waals surface area contributed by atoms with E-state index < -0.39 is 0 Å². The fraction of sp³-hybridized carbons (Fsp3) is 0.538. The zero-order valence-corrected chi connectivity index (χ0v) is 10.3. The summed E-state index contributed by atoms with van der Waals surface area (Å²) in [7, 11) is 0. The van der Waals surface area contributed by atoms with Crippen molar-refractivity contribution in [2.45, 2.75) is 40.5 Å². The number of benzene rings is 1. The molecule has 0 aliphatic carbocycles. The smallest absolute Gasteiger partial charge is 0.0408 e. The summed E-state index contributed by atoms with van der Waals surface area (Å²) in [6.07, 6.45) is 2.36. The van der Waals surface area contributed by atoms with Crippen LogP contribution in [0.25, 0.3) is 0 Å². The molecule has 0 nitrogen and oxygen atoms in total. The third-order valence-corrected chi connectivity index (χ3v) is 2.68. The fourth-order valence-corrected chi connectivity index (χ4v) is 1.68. The lowest BCUT2D eigenvalue weighted by Crippen LogP contribution is -2.06. The van der Waals surface area contributed by atoms with E-state index in [0.29, 0.717) is 5.41 Å². The van der Waals surface area contributed by atoms with Crippen molar-refractivity contribution in [1.82, 2.24) is 0 Å². The molecular weight excluding hydrogens is 192 g/mol. The molecule has 0 unspecified atom stereocenters. The minimum Gasteiger partial charge on any atom is -0.0843 e. The van der Waals surface area contributed by atoms with E-state index in [1.54, 1.807) is 0 Å². The Morgan fingerprint density at radius 3 is 2.36 bits per heavy atom. The van der Waals surface area contributed by atoms with Gasteiger partial charge in [0.25, 0.3) is 0 Å². The summed E-state index contributed by atoms with van der Waals surface area (Å²) < 4.78 is 0. The highest BCUT2D eigenvalue weighted by atomic mass is 35.5. The molecule has 0 aliphatic heterocycles. The van der Waals surface area contributed by atoms with Gasteiger partial charge in [0.15, 0.2) is 0 Å². The van der Waals surface area contributed by atoms with E-state index >= 15 is 0 Å². The highest BCUT2D eigenvalue weighted by Crippen LogP contribution is 2.23. The first-order chi connectivity index (χ1) is 6.38. The number of rotatable bonds is 2. The largest absolute Gasteiger partial charge is 0.0843 e. The molecule has 0 heterocycles. The standard InChI is InChI=1S/C13H19Cl/c1-10-9-12(14)6-5-11(10)7-8-13(2,3)4/h5-6,9H,7-8H2,1-4H3. The van der Waals surface area contributed by atoms with Crippen molar-refractivity contribution in [3.05, 3.63) is 34.3 Å². The van der Waals surface area contributed by atoms with Crippen LogP contribution in [0.1, 0.15) is 38.3 Å². The molecule has 0 saturated heterocycles. The van der Waals surface area contributed by atoms with Crippen LogP contribution in [0.15, 0.2) is 18.2 Å². The van der Waals surface area contributed by atoms with E-state index in [4.69, 9.17) is 11.6 Å². The van der Waals surface area contributed by atoms with E-state index in [9.17, 15) is 0 Å². The van der Waals surface area contributed by atoms with Crippen molar-refractivity contribution in [2.24, 2.45) is 5.41 Å². The zero-order chi connectivity index (χ0) is 10.8. The van der Waals surface area contributed by atoms with Crippen LogP contribution in [0.2, 0.25) is 5.02 Å². The number of aryl methyl sites for hydroxylation is 2. The highest BCUT2D eigenvalue weighted by Gasteiger charge is 2.10. The summed E-state index contributed by atoms with van der Waals surface area (Å²) >= 11 is 5.91. The molecule has 0 aliphatic rings. The summed E-state index contributed by atoms with van der Waals surface area (Å²) in [6, 6.07) is 6.16. The first-order valence-corrected chi connectivity index (χ1v) is 5.51. The van der Waals surface area contributed by atoms with Gasteiger partial charge in [-0.15, -0.1) is 0 Å². The SMILES string of the molecule is Cc1cc(Cl)ccc1CCC(C)(C)C. The highest BCUT2D eigenvalue weighted by molar-refractivity contribution is 6.30. The van der Waals surface area contributed by atoms with Gasteiger partial charge in [-0.2, -0.15) is 0 Å². The summed E-state index contributed by atoms with van der Waals surface area (Å²) in [5.74, 6) is 0. The maximum Gasteiger partial charge on any atom is 0.0408 e. The Bertz CT molecular complexity index is 308. The van der Waals surface area contributed by atoms with Gasteiger partial charge in [0.05, 0.1) is 0 Å². The zero-order valence-electron chi connectivity index (χ0n) is 9.52. The van der Waals surface area contributed by atoms with Gasteiger partial charge in [-0.3, -0.25) is 0 Å². The van der Waals surface area contributed by atoms with Gasteiger partial charge in [0, 0.05) is 5.02 Å². The lowest BCUT2D eigenvalue weighted by Gasteiger charge is -2.18. The van der Waals surface area contributed by atoms with Crippen LogP contribution < -0.4 is 0 Å². The van der Waals surface area contributed by atoms with Crippen LogP contribution in [-0.2, 0) is 6.42 Å². The van der Waals surface area contributed by atoms with Gasteiger partial charge in [-0.05, 0) is 48.4 Å². The minimum atomic E-state index is 0.409. The van der Waals surface area contributed by atoms with Crippen LogP contribution in [0, 0.1) is 12.3 Å². The molecule has 0 radical (unpaired) electrons. The van der Waals surface area contributed by atoms with Crippen molar-refractivity contribution in [3.8, 4) is 0 Å². The van der Waals surface area contributed by atoms with Crippen molar-refractivity contribution in [3.63, 3.8) is 0 Å². The molecule has 0 bridgehead atoms. The molecule has 0 fully saturated rings. The van der Waals surface area contributed by atoms with Crippen LogP contribution in [0.4, 0.5) is 0 Å². The summed E-state index contributed by atoms with van der Waals surface area (Å²) in [4.78, 5) is 0. The quantitative estimate of drug-likeness (QED) is 0.668. The molecule has 1 heteroatoms. The van der Waals surface area contributed by atoms with Gasteiger partial charge in [-0.1, -0.05) is 38.4 Å². The molecule has 1 rings (SSSR count). The molecule has 0 amide bonds. The predicted octanol–water partition coefficient (Wildman–Crippen LogP) is 4.63. The van der Waals surface area contributed by atoms with Crippen molar-refractivity contribution >= 4 is 11.6 Å². The Hall–Kier alpha value is -0.490. The van der Waals surface area contributed by atoms with Crippen LogP contribution >= 0.6 is 11.6 Å². The van der Waals surface area contributed by atoms with Gasteiger partial charge >= 0.3 is 0 Å². The lowest BCUT2D eigenvalue weighted by molar-refractivity contribution is 0.378. The molecule has 1 aromatic carbocycles. The normalized spacial score (nSPS) is 11.8. The predicted molar refractivity (Wildman–Crippen MR) is 64.0 cm³/mol. The van der Waals surface area contributed by atoms with Crippen LogP contribution in [-0.4, -0.2) is 0 Å². The average Bonchev–Trinajstić information content (AvgIpc) is 2.00. The second-order valence-electron chi connectivity index (χ2n) is 5.13. The van der Waals surface area contributed by atoms with Crippen molar-refractivity contribution in [2.75, 3.05) is 0 Å². The third kappa shape index (κ3) is 3.71. The second-order valence-corrected chi connectivity index (χ2v) is 5.57. The first-order valence-electron chi connectivity index (χ1n) is 5.13. The van der Waals surface area contributed by atoms with Gasteiger partial charge in [0.2, 0.25) is 0 Å². The summed E-state index contributed by atoms with van der Waals surface area (Å²) in [6.45, 7) is 8.96. The van der Waals surface area contributed by atoms with E-state index in [1.807, 2.05) is 12.1 Å². The van der Waals surface area contributed by atoms with Gasteiger partial charge in [-0.25, -0.2) is 0 Å². The Morgan fingerprint density at radius 2 is 1.86 bits per heavy atom. The summed E-state index contributed by atoms with van der Waals surface area (Å²) in [5, 5.41) is 0.835. The number of halogens is 1. The van der Waals surface area contributed by atoms with E-state index in [2.05, 4.69) is 33.8 Å². The molecule has 0 aromatic heterocycles. The van der Waals surface area contributed by atoms with E-state index in [1.165, 1.54) is 17.5 Å². The molecule has 78 valence electrons. The van der Waals surface area contributed by atoms with Crippen molar-refractivity contribution in [1.29, 1.82) is 0 Å². The maximum atomic E-state index is 5.91. The fourth-order valence-electron chi connectivity index (χ4n) is 1.45. The first kappa shape index (κ1) is 11.6. The molecule has 14 heavy (non-hydrogen) atoms. The van der Waals surface area contributed by atoms with E-state index in [0.717, 1.165) is 11.4 Å². The molecule has 0 saturated carbocycles. The number of hydrogen-bond donors (Lipinski definition) is 0. The van der Waals surface area contributed by atoms with Gasteiger partial charge < -0.3 is 0 Å². The maximum absolute atomic E-state index is 5.91. The van der Waals surface area contributed by atoms with Crippen LogP contribution in [0.5, 0.6) is 0 Å². The third-order valence-electron chi connectivity index (χ3n) is 2.45. The van der Waals surface area contributed by atoms with E-state index in [-0.39, 0.29) is 0 Å². The Labute approximate surface area is 92.3 Å². The monoisotopic (exact) mass is 210 g/mol. The molecule has 0 spiro atoms. The Kier molecular flexibility index (Phi) is 3.60. The Balaban J connectivity index is 2.68. The van der Waals surface area contributed by atoms with Crippen LogP contribution in [0.3, 0.4) is 0 Å². The lowest BCUT2D eigenvalue weighted by atomic mass is 9.88. The topological polar surface area (TPSA) is 0 Å². The minimum absolute atomic E-state index is 0.409. The Morgan fingerprint density at radius 1 is 1.21 bits per heavy atom.